The number of carbonyl (C=O) groups excluding carboxylic acids is 2. The van der Waals surface area contributed by atoms with Gasteiger partial charge < -0.3 is 9.30 Å². The van der Waals surface area contributed by atoms with Gasteiger partial charge in [-0.3, -0.25) is 14.9 Å². The molecule has 1 aromatic heterocycles. The lowest BCUT2D eigenvalue weighted by atomic mass is 10.1. The minimum atomic E-state index is -3.18. The third-order valence-corrected chi connectivity index (χ3v) is 7.38. The second kappa shape index (κ2) is 9.37. The zero-order valence-electron chi connectivity index (χ0n) is 18.0. The largest absolute Gasteiger partial charge is 0.382 e. The molecule has 0 bridgehead atoms. The van der Waals surface area contributed by atoms with Gasteiger partial charge in [-0.2, -0.15) is 5.10 Å². The highest BCUT2D eigenvalue weighted by molar-refractivity contribution is 7.91. The number of nitrogens with one attached hydrogen (secondary N) is 1. The molecule has 10 nitrogen and oxygen atoms in total. The zero-order valence-corrected chi connectivity index (χ0v) is 18.8. The number of carbonyl (C=O) groups is 2. The lowest BCUT2D eigenvalue weighted by Crippen LogP contribution is -2.42. The molecular weight excluding hydrogens is 434 g/mol. The first-order chi connectivity index (χ1) is 15.4. The molecule has 4 rings (SSSR count). The Morgan fingerprint density at radius 2 is 2.09 bits per heavy atom. The zero-order chi connectivity index (χ0) is 22.7. The van der Waals surface area contributed by atoms with E-state index in [1.54, 1.807) is 0 Å². The molecule has 1 N–H and O–H groups in total. The Kier molecular flexibility index (Phi) is 6.56. The van der Waals surface area contributed by atoms with Crippen LogP contribution in [0.5, 0.6) is 0 Å². The molecule has 2 aliphatic heterocycles. The van der Waals surface area contributed by atoms with Gasteiger partial charge in [0.2, 0.25) is 11.9 Å². The summed E-state index contributed by atoms with van der Waals surface area (Å²) in [6.07, 6.45) is 1.41. The molecule has 1 saturated heterocycles. The van der Waals surface area contributed by atoms with E-state index < -0.39 is 21.8 Å². The van der Waals surface area contributed by atoms with E-state index in [1.807, 2.05) is 35.8 Å². The summed E-state index contributed by atoms with van der Waals surface area (Å²) in [5, 5.41) is 8.27. The van der Waals surface area contributed by atoms with Crippen molar-refractivity contribution in [3.63, 3.8) is 0 Å². The smallest absolute Gasteiger partial charge is 0.274 e. The summed E-state index contributed by atoms with van der Waals surface area (Å²) in [6.45, 7) is 3.81. The molecule has 0 radical (unpaired) electrons. The van der Waals surface area contributed by atoms with Gasteiger partial charge in [-0.05, 0) is 31.9 Å². The van der Waals surface area contributed by atoms with E-state index in [0.29, 0.717) is 32.1 Å². The SMILES string of the molecule is CCOCCCn1c(NC(=O)C2=NN(C3CCS(=O)(=O)C3)C(=O)CC2)nc2ccccc21. The van der Waals surface area contributed by atoms with Crippen LogP contribution in [-0.2, 0) is 30.7 Å². The van der Waals surface area contributed by atoms with Gasteiger partial charge >= 0.3 is 0 Å². The Hall–Kier alpha value is -2.79. The summed E-state index contributed by atoms with van der Waals surface area (Å²) in [6, 6.07) is 7.11. The maximum atomic E-state index is 13.0. The number of para-hydroxylation sites is 2. The Bertz CT molecular complexity index is 1160. The van der Waals surface area contributed by atoms with E-state index in [-0.39, 0.29) is 36.0 Å². The fourth-order valence-corrected chi connectivity index (χ4v) is 5.72. The summed E-state index contributed by atoms with van der Waals surface area (Å²) in [7, 11) is -3.18. The highest BCUT2D eigenvalue weighted by atomic mass is 32.2. The number of ether oxygens (including phenoxy) is 1. The number of benzene rings is 1. The van der Waals surface area contributed by atoms with Gasteiger partial charge in [-0.1, -0.05) is 12.1 Å². The van der Waals surface area contributed by atoms with Crippen LogP contribution in [0.1, 0.15) is 32.6 Å². The van der Waals surface area contributed by atoms with Crippen LogP contribution in [-0.4, -0.2) is 71.3 Å². The Labute approximate surface area is 186 Å². The van der Waals surface area contributed by atoms with Gasteiger partial charge in [0.05, 0.1) is 28.6 Å². The molecule has 32 heavy (non-hydrogen) atoms. The molecule has 1 fully saturated rings. The van der Waals surface area contributed by atoms with Crippen molar-refractivity contribution < 1.29 is 22.7 Å². The monoisotopic (exact) mass is 461 g/mol. The van der Waals surface area contributed by atoms with Crippen molar-refractivity contribution in [2.75, 3.05) is 30.0 Å². The highest BCUT2D eigenvalue weighted by Crippen LogP contribution is 2.24. The van der Waals surface area contributed by atoms with Crippen molar-refractivity contribution in [2.45, 2.75) is 45.2 Å². The van der Waals surface area contributed by atoms with Gasteiger partial charge in [-0.25, -0.2) is 18.4 Å². The first kappa shape index (κ1) is 22.4. The predicted octanol–water partition coefficient (Wildman–Crippen LogP) is 1.57. The molecule has 1 unspecified atom stereocenters. The number of anilines is 1. The number of fused-ring (bicyclic) bond motifs is 1. The second-order valence-electron chi connectivity index (χ2n) is 7.92. The number of hydrogen-bond donors (Lipinski definition) is 1. The molecule has 0 saturated carbocycles. The molecule has 11 heteroatoms. The summed E-state index contributed by atoms with van der Waals surface area (Å²) < 4.78 is 31.0. The molecule has 1 aromatic carbocycles. The second-order valence-corrected chi connectivity index (χ2v) is 10.2. The third-order valence-electron chi connectivity index (χ3n) is 5.63. The topological polar surface area (TPSA) is 123 Å². The first-order valence-electron chi connectivity index (χ1n) is 10.8. The van der Waals surface area contributed by atoms with E-state index in [9.17, 15) is 18.0 Å². The van der Waals surface area contributed by atoms with Crippen LogP contribution in [0.15, 0.2) is 29.4 Å². The summed E-state index contributed by atoms with van der Waals surface area (Å²) >= 11 is 0. The number of amides is 2. The Balaban J connectivity index is 1.54. The van der Waals surface area contributed by atoms with Crippen LogP contribution in [0.2, 0.25) is 0 Å². The first-order valence-corrected chi connectivity index (χ1v) is 12.6. The minimum absolute atomic E-state index is 0.0320. The minimum Gasteiger partial charge on any atom is -0.382 e. The van der Waals surface area contributed by atoms with Crippen LogP contribution < -0.4 is 5.32 Å². The van der Waals surface area contributed by atoms with Crippen molar-refractivity contribution in [3.8, 4) is 0 Å². The van der Waals surface area contributed by atoms with Gasteiger partial charge in [0.25, 0.3) is 5.91 Å². The molecule has 3 heterocycles. The number of hydrogen-bond acceptors (Lipinski definition) is 7. The van der Waals surface area contributed by atoms with E-state index in [4.69, 9.17) is 4.74 Å². The van der Waals surface area contributed by atoms with E-state index in [0.717, 1.165) is 17.5 Å². The van der Waals surface area contributed by atoms with Crippen LogP contribution >= 0.6 is 0 Å². The summed E-state index contributed by atoms with van der Waals surface area (Å²) in [4.78, 5) is 29.9. The van der Waals surface area contributed by atoms with E-state index >= 15 is 0 Å². The van der Waals surface area contributed by atoms with Gasteiger partial charge in [0.1, 0.15) is 5.71 Å². The number of imidazole rings is 1. The lowest BCUT2D eigenvalue weighted by molar-refractivity contribution is -0.133. The molecule has 0 aliphatic carbocycles. The van der Waals surface area contributed by atoms with Gasteiger partial charge in [0, 0.05) is 32.6 Å². The Morgan fingerprint density at radius 3 is 2.84 bits per heavy atom. The number of rotatable bonds is 8. The van der Waals surface area contributed by atoms with Crippen molar-refractivity contribution in [1.82, 2.24) is 14.6 Å². The van der Waals surface area contributed by atoms with Crippen molar-refractivity contribution in [2.24, 2.45) is 5.10 Å². The molecule has 1 atom stereocenters. The van der Waals surface area contributed by atoms with Crippen molar-refractivity contribution in [3.05, 3.63) is 24.3 Å². The third kappa shape index (κ3) is 4.83. The quantitative estimate of drug-likeness (QED) is 0.595. The normalized spacial score (nSPS) is 20.5. The molecular formula is C21H27N5O5S. The van der Waals surface area contributed by atoms with Gasteiger partial charge in [0.15, 0.2) is 9.84 Å². The number of hydrazone groups is 1. The number of nitrogens with zero attached hydrogens (tertiary/aromatic N) is 4. The van der Waals surface area contributed by atoms with Crippen LogP contribution in [0.4, 0.5) is 5.95 Å². The predicted molar refractivity (Wildman–Crippen MR) is 120 cm³/mol. The number of aromatic nitrogens is 2. The van der Waals surface area contributed by atoms with Crippen molar-refractivity contribution >= 4 is 44.3 Å². The molecule has 2 amide bonds. The average Bonchev–Trinajstić information content (AvgIpc) is 3.30. The molecule has 2 aliphatic rings. The lowest BCUT2D eigenvalue weighted by Gasteiger charge is -2.27. The van der Waals surface area contributed by atoms with E-state index in [1.165, 1.54) is 5.01 Å². The summed E-state index contributed by atoms with van der Waals surface area (Å²) in [5.41, 5.74) is 1.86. The maximum absolute atomic E-state index is 13.0. The highest BCUT2D eigenvalue weighted by Gasteiger charge is 2.37. The average molecular weight is 462 g/mol. The fraction of sp³-hybridized carbons (Fsp3) is 0.524. The number of aryl methyl sites for hydroxylation is 1. The number of sulfone groups is 1. The molecule has 2 aromatic rings. The summed E-state index contributed by atoms with van der Waals surface area (Å²) in [5.74, 6) is -0.379. The van der Waals surface area contributed by atoms with Gasteiger partial charge in [-0.15, -0.1) is 0 Å². The molecule has 0 spiro atoms. The van der Waals surface area contributed by atoms with Crippen molar-refractivity contribution in [1.29, 1.82) is 0 Å². The Morgan fingerprint density at radius 1 is 1.28 bits per heavy atom. The van der Waals surface area contributed by atoms with Crippen LogP contribution in [0, 0.1) is 0 Å². The molecule has 172 valence electrons. The standard InChI is InChI=1S/C21H27N5O5S/c1-2-31-12-5-11-25-18-7-4-3-6-16(18)22-21(25)23-20(28)17-8-9-19(27)26(24-17)15-10-13-32(29,30)14-15/h3-4,6-7,15H,2,5,8-14H2,1H3,(H,22,23,28). The maximum Gasteiger partial charge on any atom is 0.274 e. The van der Waals surface area contributed by atoms with Crippen LogP contribution in [0.25, 0.3) is 11.0 Å². The fourth-order valence-electron chi connectivity index (χ4n) is 4.03. The van der Waals surface area contributed by atoms with Crippen LogP contribution in [0.3, 0.4) is 0 Å². The van der Waals surface area contributed by atoms with E-state index in [2.05, 4.69) is 15.4 Å².